The van der Waals surface area contributed by atoms with Gasteiger partial charge in [-0.2, -0.15) is 0 Å². The first kappa shape index (κ1) is 22.7. The first-order valence-corrected chi connectivity index (χ1v) is 10.9. The van der Waals surface area contributed by atoms with Crippen LogP contribution in [0.5, 0.6) is 0 Å². The number of likely N-dealkylation sites (tertiary alicyclic amines) is 1. The fourth-order valence-corrected chi connectivity index (χ4v) is 4.74. The standard InChI is InChI=1S/C25H21Cl2F2NO2/c1-25(24(31)32,17-10-21(28)12-22(29)11-17)18-13-30(14-18)23(15-5-7-19(26)8-6-15)16-3-2-4-20(27)9-16/h2-12,18,23H,13-14H2,1H3,(H,31,32). The topological polar surface area (TPSA) is 40.5 Å². The lowest BCUT2D eigenvalue weighted by Crippen LogP contribution is -2.59. The molecule has 0 radical (unpaired) electrons. The average Bonchev–Trinajstić information content (AvgIpc) is 2.70. The number of aliphatic carboxylic acids is 1. The van der Waals surface area contributed by atoms with E-state index in [0.717, 1.165) is 29.3 Å². The minimum absolute atomic E-state index is 0.123. The predicted molar refractivity (Wildman–Crippen MR) is 121 cm³/mol. The van der Waals surface area contributed by atoms with Crippen LogP contribution >= 0.6 is 23.2 Å². The summed E-state index contributed by atoms with van der Waals surface area (Å²) in [6.07, 6.45) is 0. The molecule has 3 aromatic carbocycles. The number of nitrogens with zero attached hydrogens (tertiary/aromatic N) is 1. The van der Waals surface area contributed by atoms with Crippen molar-refractivity contribution < 1.29 is 18.7 Å². The van der Waals surface area contributed by atoms with Crippen LogP contribution in [0.25, 0.3) is 0 Å². The van der Waals surface area contributed by atoms with E-state index in [1.807, 2.05) is 42.5 Å². The monoisotopic (exact) mass is 475 g/mol. The van der Waals surface area contributed by atoms with E-state index in [2.05, 4.69) is 4.90 Å². The molecule has 0 amide bonds. The van der Waals surface area contributed by atoms with Crippen molar-refractivity contribution >= 4 is 29.2 Å². The first-order chi connectivity index (χ1) is 15.2. The molecule has 0 spiro atoms. The van der Waals surface area contributed by atoms with Gasteiger partial charge in [-0.3, -0.25) is 9.69 Å². The molecule has 4 rings (SSSR count). The molecule has 0 bridgehead atoms. The number of carboxylic acids is 1. The summed E-state index contributed by atoms with van der Waals surface area (Å²) in [5.41, 5.74) is 0.646. The number of hydrogen-bond donors (Lipinski definition) is 1. The van der Waals surface area contributed by atoms with Crippen LogP contribution in [0.4, 0.5) is 8.78 Å². The molecule has 1 N–H and O–H groups in total. The zero-order valence-electron chi connectivity index (χ0n) is 17.2. The number of halogens is 4. The van der Waals surface area contributed by atoms with Crippen LogP contribution in [0.15, 0.2) is 66.7 Å². The van der Waals surface area contributed by atoms with Crippen molar-refractivity contribution in [1.29, 1.82) is 0 Å². The van der Waals surface area contributed by atoms with Gasteiger partial charge in [0.25, 0.3) is 0 Å². The van der Waals surface area contributed by atoms with Gasteiger partial charge >= 0.3 is 5.97 Å². The van der Waals surface area contributed by atoms with Crippen molar-refractivity contribution in [3.05, 3.63) is 105 Å². The van der Waals surface area contributed by atoms with Gasteiger partial charge in [0.15, 0.2) is 0 Å². The molecule has 0 aliphatic carbocycles. The molecule has 2 atom stereocenters. The van der Waals surface area contributed by atoms with Crippen LogP contribution < -0.4 is 0 Å². The maximum Gasteiger partial charge on any atom is 0.314 e. The summed E-state index contributed by atoms with van der Waals surface area (Å²) in [4.78, 5) is 14.4. The van der Waals surface area contributed by atoms with Gasteiger partial charge in [0.05, 0.1) is 11.5 Å². The van der Waals surface area contributed by atoms with Gasteiger partial charge in [-0.1, -0.05) is 47.5 Å². The van der Waals surface area contributed by atoms with Gasteiger partial charge in [-0.25, -0.2) is 8.78 Å². The summed E-state index contributed by atoms with van der Waals surface area (Å²) in [6, 6.07) is 17.8. The van der Waals surface area contributed by atoms with Crippen molar-refractivity contribution in [2.24, 2.45) is 5.92 Å². The number of carboxylic acid groups (broad SMARTS) is 1. The molecule has 166 valence electrons. The quantitative estimate of drug-likeness (QED) is 0.452. The van der Waals surface area contributed by atoms with Gasteiger partial charge in [-0.05, 0) is 60.0 Å². The summed E-state index contributed by atoms with van der Waals surface area (Å²) >= 11 is 12.3. The molecular formula is C25H21Cl2F2NO2. The van der Waals surface area contributed by atoms with E-state index in [4.69, 9.17) is 23.2 Å². The summed E-state index contributed by atoms with van der Waals surface area (Å²) in [5, 5.41) is 11.3. The molecule has 1 heterocycles. The smallest absolute Gasteiger partial charge is 0.314 e. The Morgan fingerprint density at radius 1 is 0.969 bits per heavy atom. The molecule has 0 aromatic heterocycles. The Morgan fingerprint density at radius 3 is 2.16 bits per heavy atom. The maximum atomic E-state index is 13.9. The lowest BCUT2D eigenvalue weighted by atomic mass is 9.67. The van der Waals surface area contributed by atoms with E-state index in [0.29, 0.717) is 23.1 Å². The predicted octanol–water partition coefficient (Wildman–Crippen LogP) is 6.34. The molecule has 2 unspecified atom stereocenters. The normalized spacial score (nSPS) is 17.4. The number of rotatable bonds is 6. The van der Waals surface area contributed by atoms with Gasteiger partial charge in [-0.15, -0.1) is 0 Å². The third-order valence-electron chi connectivity index (χ3n) is 6.35. The number of hydrogen-bond acceptors (Lipinski definition) is 2. The third kappa shape index (κ3) is 4.25. The molecule has 1 aliphatic rings. The van der Waals surface area contributed by atoms with Crippen molar-refractivity contribution in [3.63, 3.8) is 0 Å². The Kier molecular flexibility index (Phi) is 6.26. The van der Waals surface area contributed by atoms with Crippen molar-refractivity contribution in [2.75, 3.05) is 13.1 Å². The molecule has 32 heavy (non-hydrogen) atoms. The molecular weight excluding hydrogens is 455 g/mol. The summed E-state index contributed by atoms with van der Waals surface area (Å²) in [6.45, 7) is 2.39. The van der Waals surface area contributed by atoms with Gasteiger partial charge in [0.1, 0.15) is 11.6 Å². The fraction of sp³-hybridized carbons (Fsp3) is 0.240. The van der Waals surface area contributed by atoms with Crippen LogP contribution in [0.3, 0.4) is 0 Å². The highest BCUT2D eigenvalue weighted by Gasteiger charge is 2.50. The lowest BCUT2D eigenvalue weighted by molar-refractivity contribution is -0.149. The Morgan fingerprint density at radius 2 is 1.59 bits per heavy atom. The Balaban J connectivity index is 1.66. The van der Waals surface area contributed by atoms with E-state index in [1.165, 1.54) is 6.92 Å². The molecule has 1 saturated heterocycles. The molecule has 1 aliphatic heterocycles. The van der Waals surface area contributed by atoms with Crippen LogP contribution in [0, 0.1) is 17.6 Å². The van der Waals surface area contributed by atoms with E-state index in [-0.39, 0.29) is 17.5 Å². The highest BCUT2D eigenvalue weighted by atomic mass is 35.5. The lowest BCUT2D eigenvalue weighted by Gasteiger charge is -2.50. The van der Waals surface area contributed by atoms with Crippen molar-refractivity contribution in [1.82, 2.24) is 4.90 Å². The number of carbonyl (C=O) groups is 1. The van der Waals surface area contributed by atoms with Crippen molar-refractivity contribution in [2.45, 2.75) is 18.4 Å². The zero-order chi connectivity index (χ0) is 23.0. The van der Waals surface area contributed by atoms with Crippen LogP contribution in [0.2, 0.25) is 10.0 Å². The Hall–Kier alpha value is -2.47. The zero-order valence-corrected chi connectivity index (χ0v) is 18.7. The van der Waals surface area contributed by atoms with Gasteiger partial charge in [0.2, 0.25) is 0 Å². The van der Waals surface area contributed by atoms with Crippen LogP contribution in [-0.2, 0) is 10.2 Å². The summed E-state index contributed by atoms with van der Waals surface area (Å²) in [7, 11) is 0. The SMILES string of the molecule is CC(C(=O)O)(c1cc(F)cc(F)c1)C1CN(C(c2ccc(Cl)cc2)c2cccc(Cl)c2)C1. The molecule has 1 fully saturated rings. The first-order valence-electron chi connectivity index (χ1n) is 10.1. The summed E-state index contributed by atoms with van der Waals surface area (Å²) < 4.78 is 27.7. The molecule has 3 aromatic rings. The minimum Gasteiger partial charge on any atom is -0.481 e. The van der Waals surface area contributed by atoms with Gasteiger partial charge < -0.3 is 5.11 Å². The van der Waals surface area contributed by atoms with Crippen LogP contribution in [-0.4, -0.2) is 29.1 Å². The van der Waals surface area contributed by atoms with E-state index in [9.17, 15) is 18.7 Å². The van der Waals surface area contributed by atoms with E-state index < -0.39 is 23.0 Å². The van der Waals surface area contributed by atoms with E-state index in [1.54, 1.807) is 6.07 Å². The van der Waals surface area contributed by atoms with Gasteiger partial charge in [0, 0.05) is 35.1 Å². The van der Waals surface area contributed by atoms with E-state index >= 15 is 0 Å². The second-order valence-electron chi connectivity index (χ2n) is 8.33. The van der Waals surface area contributed by atoms with Crippen molar-refractivity contribution in [3.8, 4) is 0 Å². The molecule has 0 saturated carbocycles. The third-order valence-corrected chi connectivity index (χ3v) is 6.84. The second-order valence-corrected chi connectivity index (χ2v) is 9.20. The molecule has 3 nitrogen and oxygen atoms in total. The Labute approximate surface area is 195 Å². The largest absolute Gasteiger partial charge is 0.481 e. The Bertz CT molecular complexity index is 1130. The highest BCUT2D eigenvalue weighted by Crippen LogP contribution is 2.44. The maximum absolute atomic E-state index is 13.9. The average molecular weight is 476 g/mol. The highest BCUT2D eigenvalue weighted by molar-refractivity contribution is 6.30. The van der Waals surface area contributed by atoms with Crippen LogP contribution in [0.1, 0.15) is 29.7 Å². The minimum atomic E-state index is -1.43. The second kappa shape index (κ2) is 8.81. The molecule has 7 heteroatoms. The summed E-state index contributed by atoms with van der Waals surface area (Å²) in [5.74, 6) is -3.03. The fourth-order valence-electron chi connectivity index (χ4n) is 4.41. The number of benzene rings is 3.